The summed E-state index contributed by atoms with van der Waals surface area (Å²) < 4.78 is 0. The normalized spacial score (nSPS) is 11.0. The van der Waals surface area contributed by atoms with Gasteiger partial charge < -0.3 is 5.11 Å². The molecule has 1 atom stereocenters. The molecule has 0 rings (SSSR count). The smallest absolute Gasteiger partial charge is 0.139 e. The van der Waals surface area contributed by atoms with Gasteiger partial charge in [-0.25, -0.2) is 0 Å². The lowest BCUT2D eigenvalue weighted by molar-refractivity contribution is 0.272. The second kappa shape index (κ2) is 4.84. The zero-order valence-electron chi connectivity index (χ0n) is 6.22. The third-order valence-electron chi connectivity index (χ3n) is 1.03. The Morgan fingerprint density at radius 1 is 1.80 bits per heavy atom. The molecule has 1 nitrogen and oxygen atoms in total. The van der Waals surface area contributed by atoms with Crippen molar-refractivity contribution in [2.75, 3.05) is 0 Å². The summed E-state index contributed by atoms with van der Waals surface area (Å²) in [5, 5.41) is 9.10. The third-order valence-corrected chi connectivity index (χ3v) is 1.03. The van der Waals surface area contributed by atoms with Crippen molar-refractivity contribution in [1.29, 1.82) is 0 Å². The van der Waals surface area contributed by atoms with Crippen LogP contribution in [0.15, 0.2) is 24.8 Å². The molecule has 0 spiro atoms. The molecule has 0 bridgehead atoms. The van der Waals surface area contributed by atoms with E-state index in [0.29, 0.717) is 5.57 Å². The number of hydrogen-bond acceptors (Lipinski definition) is 1. The summed E-state index contributed by atoms with van der Waals surface area (Å²) in [5.74, 6) is 5.37. The Hall–Kier alpha value is -1.00. The average Bonchev–Trinajstić information content (AvgIpc) is 1.98. The van der Waals surface area contributed by atoms with Gasteiger partial charge in [0, 0.05) is 6.42 Å². The van der Waals surface area contributed by atoms with E-state index in [1.807, 2.05) is 6.92 Å². The predicted molar refractivity (Wildman–Crippen MR) is 43.4 cm³/mol. The first-order chi connectivity index (χ1) is 4.72. The minimum Gasteiger partial charge on any atom is -0.376 e. The zero-order valence-corrected chi connectivity index (χ0v) is 6.22. The van der Waals surface area contributed by atoms with Crippen molar-refractivity contribution < 1.29 is 5.11 Å². The Bertz CT molecular complexity index is 181. The van der Waals surface area contributed by atoms with E-state index in [4.69, 9.17) is 5.11 Å². The van der Waals surface area contributed by atoms with Crippen LogP contribution in [0.1, 0.15) is 13.3 Å². The second-order valence-corrected chi connectivity index (χ2v) is 1.86. The zero-order chi connectivity index (χ0) is 7.98. The van der Waals surface area contributed by atoms with E-state index in [0.717, 1.165) is 6.42 Å². The highest BCUT2D eigenvalue weighted by molar-refractivity contribution is 5.26. The van der Waals surface area contributed by atoms with E-state index < -0.39 is 6.10 Å². The highest BCUT2D eigenvalue weighted by Gasteiger charge is 1.97. The van der Waals surface area contributed by atoms with Crippen molar-refractivity contribution in [2.24, 2.45) is 0 Å². The largest absolute Gasteiger partial charge is 0.376 e. The summed E-state index contributed by atoms with van der Waals surface area (Å²) in [6.07, 6.45) is 1.52. The average molecular weight is 136 g/mol. The molecule has 0 aliphatic heterocycles. The van der Waals surface area contributed by atoms with Crippen molar-refractivity contribution in [3.05, 3.63) is 24.8 Å². The van der Waals surface area contributed by atoms with Crippen LogP contribution in [0, 0.1) is 11.8 Å². The van der Waals surface area contributed by atoms with E-state index >= 15 is 0 Å². The molecule has 0 amide bonds. The summed E-state index contributed by atoms with van der Waals surface area (Å²) >= 11 is 0. The van der Waals surface area contributed by atoms with Gasteiger partial charge >= 0.3 is 0 Å². The summed E-state index contributed by atoms with van der Waals surface area (Å²) in [6.45, 7) is 8.94. The molecular formula is C9H12O. The van der Waals surface area contributed by atoms with Crippen LogP contribution in [0.3, 0.4) is 0 Å². The Morgan fingerprint density at radius 2 is 2.40 bits per heavy atom. The van der Waals surface area contributed by atoms with Crippen molar-refractivity contribution in [2.45, 2.75) is 19.4 Å². The van der Waals surface area contributed by atoms with Gasteiger partial charge in [0.2, 0.25) is 0 Å². The second-order valence-electron chi connectivity index (χ2n) is 1.86. The molecule has 1 unspecified atom stereocenters. The Balaban J connectivity index is 3.95. The molecule has 1 N–H and O–H groups in total. The van der Waals surface area contributed by atoms with Crippen LogP contribution < -0.4 is 0 Å². The lowest BCUT2D eigenvalue weighted by Gasteiger charge is -1.99. The van der Waals surface area contributed by atoms with Crippen LogP contribution in [0.2, 0.25) is 0 Å². The van der Waals surface area contributed by atoms with Crippen molar-refractivity contribution in [3.8, 4) is 11.8 Å². The number of rotatable bonds is 2. The Kier molecular flexibility index (Phi) is 4.36. The van der Waals surface area contributed by atoms with Gasteiger partial charge in [0.1, 0.15) is 6.10 Å². The molecule has 0 heterocycles. The molecular weight excluding hydrogens is 124 g/mol. The fraction of sp³-hybridized carbons (Fsp3) is 0.333. The van der Waals surface area contributed by atoms with Gasteiger partial charge in [-0.05, 0) is 5.57 Å². The highest BCUT2D eigenvalue weighted by Crippen LogP contribution is 1.97. The van der Waals surface area contributed by atoms with Crippen molar-refractivity contribution in [1.82, 2.24) is 0 Å². The third kappa shape index (κ3) is 3.11. The molecule has 0 aromatic rings. The first-order valence-electron chi connectivity index (χ1n) is 3.20. The molecule has 54 valence electrons. The van der Waals surface area contributed by atoms with Crippen molar-refractivity contribution in [3.63, 3.8) is 0 Å². The van der Waals surface area contributed by atoms with Gasteiger partial charge in [-0.15, -0.1) is 5.92 Å². The lowest BCUT2D eigenvalue weighted by atomic mass is 10.2. The summed E-state index contributed by atoms with van der Waals surface area (Å²) in [6, 6.07) is 0. The van der Waals surface area contributed by atoms with E-state index in [9.17, 15) is 0 Å². The molecule has 0 fully saturated rings. The maximum atomic E-state index is 9.10. The van der Waals surface area contributed by atoms with Crippen LogP contribution in [0.25, 0.3) is 0 Å². The predicted octanol–water partition coefficient (Wildman–Crippen LogP) is 1.50. The summed E-state index contributed by atoms with van der Waals surface area (Å²) in [7, 11) is 0. The maximum absolute atomic E-state index is 9.10. The standard InChI is InChI=1S/C9H12O/c1-4-6-7-9(10)8(3)5-2/h5,9-10H,2-4H2,1H3. The minimum atomic E-state index is -0.738. The van der Waals surface area contributed by atoms with Gasteiger partial charge in [0.25, 0.3) is 0 Å². The lowest BCUT2D eigenvalue weighted by Crippen LogP contribution is -2.03. The van der Waals surface area contributed by atoms with Crippen LogP contribution in [0.4, 0.5) is 0 Å². The topological polar surface area (TPSA) is 20.2 Å². The molecule has 0 saturated carbocycles. The minimum absolute atomic E-state index is 0.556. The first-order valence-corrected chi connectivity index (χ1v) is 3.20. The molecule has 0 aliphatic carbocycles. The van der Waals surface area contributed by atoms with Gasteiger partial charge in [0.15, 0.2) is 0 Å². The highest BCUT2D eigenvalue weighted by atomic mass is 16.3. The monoisotopic (exact) mass is 136 g/mol. The van der Waals surface area contributed by atoms with E-state index in [2.05, 4.69) is 25.0 Å². The SMILES string of the molecule is C=CC(=C)C(O)C#CCC. The number of aliphatic hydroxyl groups is 1. The molecule has 0 saturated heterocycles. The summed E-state index contributed by atoms with van der Waals surface area (Å²) in [5.41, 5.74) is 0.556. The molecule has 1 heteroatoms. The molecule has 0 aromatic carbocycles. The van der Waals surface area contributed by atoms with Crippen LogP contribution in [-0.4, -0.2) is 11.2 Å². The van der Waals surface area contributed by atoms with E-state index in [1.165, 1.54) is 6.08 Å². The maximum Gasteiger partial charge on any atom is 0.139 e. The Labute approximate surface area is 62.1 Å². The number of hydrogen-bond donors (Lipinski definition) is 1. The molecule has 0 radical (unpaired) electrons. The quantitative estimate of drug-likeness (QED) is 0.450. The van der Waals surface area contributed by atoms with Crippen LogP contribution in [0.5, 0.6) is 0 Å². The van der Waals surface area contributed by atoms with E-state index in [-0.39, 0.29) is 0 Å². The van der Waals surface area contributed by atoms with Crippen LogP contribution >= 0.6 is 0 Å². The molecule has 10 heavy (non-hydrogen) atoms. The Morgan fingerprint density at radius 3 is 2.80 bits per heavy atom. The van der Waals surface area contributed by atoms with Gasteiger partial charge in [-0.2, -0.15) is 0 Å². The summed E-state index contributed by atoms with van der Waals surface area (Å²) in [4.78, 5) is 0. The van der Waals surface area contributed by atoms with E-state index in [1.54, 1.807) is 0 Å². The fourth-order valence-electron chi connectivity index (χ4n) is 0.403. The number of aliphatic hydroxyl groups excluding tert-OH is 1. The molecule has 0 aliphatic rings. The van der Waals surface area contributed by atoms with Crippen molar-refractivity contribution >= 4 is 0 Å². The fourth-order valence-corrected chi connectivity index (χ4v) is 0.403. The first kappa shape index (κ1) is 9.00. The van der Waals surface area contributed by atoms with Crippen LogP contribution in [-0.2, 0) is 0 Å². The molecule has 0 aromatic heterocycles. The van der Waals surface area contributed by atoms with Gasteiger partial charge in [-0.1, -0.05) is 32.1 Å². The van der Waals surface area contributed by atoms with Gasteiger partial charge in [0.05, 0.1) is 0 Å². The van der Waals surface area contributed by atoms with Gasteiger partial charge in [-0.3, -0.25) is 0 Å².